The van der Waals surface area contributed by atoms with E-state index in [1.54, 1.807) is 36.6 Å². The second-order valence-electron chi connectivity index (χ2n) is 5.70. The number of aryl methyl sites for hydroxylation is 2. The number of ether oxygens (including phenoxy) is 1. The highest BCUT2D eigenvalue weighted by Gasteiger charge is 2.06. The fourth-order valence-electron chi connectivity index (χ4n) is 2.24. The summed E-state index contributed by atoms with van der Waals surface area (Å²) in [6, 6.07) is 7.08. The van der Waals surface area contributed by atoms with Gasteiger partial charge in [0.15, 0.2) is 5.96 Å². The lowest BCUT2D eigenvalue weighted by Gasteiger charge is -2.12. The van der Waals surface area contributed by atoms with Gasteiger partial charge >= 0.3 is 0 Å². The summed E-state index contributed by atoms with van der Waals surface area (Å²) in [6.07, 6.45) is -1.65. The van der Waals surface area contributed by atoms with E-state index in [1.807, 2.05) is 13.0 Å². The van der Waals surface area contributed by atoms with Crippen LogP contribution in [0.25, 0.3) is 0 Å². The van der Waals surface area contributed by atoms with E-state index in [2.05, 4.69) is 27.5 Å². The monoisotopic (exact) mass is 510 g/mol. The second-order valence-corrected chi connectivity index (χ2v) is 6.99. The third kappa shape index (κ3) is 8.37. The maximum Gasteiger partial charge on any atom is 0.272 e. The Morgan fingerprint density at radius 2 is 2.07 bits per heavy atom. The molecule has 0 aliphatic heterocycles. The van der Waals surface area contributed by atoms with Gasteiger partial charge in [-0.05, 0) is 31.5 Å². The van der Waals surface area contributed by atoms with E-state index in [0.717, 1.165) is 29.2 Å². The lowest BCUT2D eigenvalue weighted by atomic mass is 10.2. The van der Waals surface area contributed by atoms with E-state index in [9.17, 15) is 8.78 Å². The highest BCUT2D eigenvalue weighted by molar-refractivity contribution is 14.0. The summed E-state index contributed by atoms with van der Waals surface area (Å²) >= 11 is 1.71. The first kappa shape index (κ1) is 23.5. The van der Waals surface area contributed by atoms with Crippen LogP contribution in [0.15, 0.2) is 29.3 Å². The third-order valence-corrected chi connectivity index (χ3v) is 4.79. The molecule has 0 saturated carbocycles. The number of nitrogens with zero attached hydrogens (tertiary/aromatic N) is 2. The van der Waals surface area contributed by atoms with Gasteiger partial charge in [0.2, 0.25) is 0 Å². The Bertz CT molecular complexity index is 720. The molecular formula is C18H25F2IN4OS. The highest BCUT2D eigenvalue weighted by atomic mass is 127. The molecule has 0 amide bonds. The molecule has 0 saturated heterocycles. The zero-order valence-electron chi connectivity index (χ0n) is 15.6. The fraction of sp³-hybridized carbons (Fsp3) is 0.444. The van der Waals surface area contributed by atoms with Crippen LogP contribution in [-0.4, -0.2) is 37.6 Å². The van der Waals surface area contributed by atoms with Crippen molar-refractivity contribution in [3.05, 3.63) is 45.4 Å². The number of benzene rings is 1. The van der Waals surface area contributed by atoms with E-state index in [-0.39, 0.29) is 24.0 Å². The number of aliphatic imine (C=N–C) groups is 1. The van der Waals surface area contributed by atoms with Gasteiger partial charge in [-0.2, -0.15) is 0 Å². The first-order valence-electron chi connectivity index (χ1n) is 8.35. The first-order valence-corrected chi connectivity index (χ1v) is 9.17. The molecule has 27 heavy (non-hydrogen) atoms. The SMILES string of the molecule is CN=C(NCCc1nc(C)c(C)s1)NCc1cccc(OCC(F)F)c1.I. The van der Waals surface area contributed by atoms with Gasteiger partial charge in [0.25, 0.3) is 6.43 Å². The van der Waals surface area contributed by atoms with Gasteiger partial charge < -0.3 is 15.4 Å². The van der Waals surface area contributed by atoms with Gasteiger partial charge in [-0.25, -0.2) is 13.8 Å². The lowest BCUT2D eigenvalue weighted by molar-refractivity contribution is 0.0818. The van der Waals surface area contributed by atoms with Crippen molar-refractivity contribution in [2.45, 2.75) is 33.2 Å². The number of guanidine groups is 1. The van der Waals surface area contributed by atoms with Crippen molar-refractivity contribution in [2.75, 3.05) is 20.2 Å². The van der Waals surface area contributed by atoms with Crippen molar-refractivity contribution < 1.29 is 13.5 Å². The Kier molecular flexibility index (Phi) is 10.5. The van der Waals surface area contributed by atoms with Crippen LogP contribution in [0, 0.1) is 13.8 Å². The van der Waals surface area contributed by atoms with Crippen LogP contribution in [-0.2, 0) is 13.0 Å². The average Bonchev–Trinajstić information content (AvgIpc) is 2.94. The molecule has 0 aliphatic carbocycles. The maximum absolute atomic E-state index is 12.2. The number of hydrogen-bond donors (Lipinski definition) is 2. The summed E-state index contributed by atoms with van der Waals surface area (Å²) < 4.78 is 29.5. The smallest absolute Gasteiger partial charge is 0.272 e. The standard InChI is InChI=1S/C18H24F2N4OS.HI/c1-12-13(2)26-17(24-12)7-8-22-18(21-3)23-10-14-5-4-6-15(9-14)25-11-16(19)20;/h4-6,9,16H,7-8,10-11H2,1-3H3,(H2,21,22,23);1H. The van der Waals surface area contributed by atoms with Crippen molar-refractivity contribution >= 4 is 41.3 Å². The molecule has 1 aromatic heterocycles. The summed E-state index contributed by atoms with van der Waals surface area (Å²) in [7, 11) is 1.70. The van der Waals surface area contributed by atoms with Gasteiger partial charge in [0, 0.05) is 31.4 Å². The topological polar surface area (TPSA) is 58.5 Å². The average molecular weight is 510 g/mol. The normalized spacial score (nSPS) is 11.3. The van der Waals surface area contributed by atoms with Crippen molar-refractivity contribution in [3.8, 4) is 5.75 Å². The maximum atomic E-state index is 12.2. The minimum absolute atomic E-state index is 0. The summed E-state index contributed by atoms with van der Waals surface area (Å²) in [5, 5.41) is 7.55. The Labute approximate surface area is 179 Å². The molecule has 1 heterocycles. The molecule has 150 valence electrons. The van der Waals surface area contributed by atoms with Gasteiger partial charge in [-0.15, -0.1) is 35.3 Å². The van der Waals surface area contributed by atoms with Gasteiger partial charge in [0.1, 0.15) is 12.4 Å². The number of nitrogens with one attached hydrogen (secondary N) is 2. The number of aromatic nitrogens is 1. The second kappa shape index (κ2) is 12.1. The number of hydrogen-bond acceptors (Lipinski definition) is 4. The van der Waals surface area contributed by atoms with Crippen LogP contribution < -0.4 is 15.4 Å². The molecule has 0 bridgehead atoms. The lowest BCUT2D eigenvalue weighted by Crippen LogP contribution is -2.37. The minimum atomic E-state index is -2.48. The van der Waals surface area contributed by atoms with E-state index >= 15 is 0 Å². The van der Waals surface area contributed by atoms with Crippen LogP contribution in [0.4, 0.5) is 8.78 Å². The van der Waals surface area contributed by atoms with Crippen LogP contribution in [0.3, 0.4) is 0 Å². The zero-order valence-corrected chi connectivity index (χ0v) is 18.7. The molecule has 0 unspecified atom stereocenters. The van der Waals surface area contributed by atoms with Gasteiger partial charge in [0.05, 0.1) is 10.7 Å². The van der Waals surface area contributed by atoms with Crippen LogP contribution in [0.1, 0.15) is 21.1 Å². The Balaban J connectivity index is 0.00000364. The molecule has 2 aromatic rings. The molecule has 9 heteroatoms. The Morgan fingerprint density at radius 3 is 2.70 bits per heavy atom. The Morgan fingerprint density at radius 1 is 1.30 bits per heavy atom. The van der Waals surface area contributed by atoms with Gasteiger partial charge in [-0.3, -0.25) is 4.99 Å². The molecular weight excluding hydrogens is 485 g/mol. The number of rotatable bonds is 8. The zero-order chi connectivity index (χ0) is 18.9. The molecule has 0 fully saturated rings. The van der Waals surface area contributed by atoms with Crippen LogP contribution >= 0.6 is 35.3 Å². The molecule has 1 aromatic carbocycles. The number of thiazole rings is 1. The molecule has 0 aliphatic rings. The summed E-state index contributed by atoms with van der Waals surface area (Å²) in [4.78, 5) is 9.95. The predicted molar refractivity (Wildman–Crippen MR) is 117 cm³/mol. The first-order chi connectivity index (χ1) is 12.5. The van der Waals surface area contributed by atoms with E-state index in [0.29, 0.717) is 18.3 Å². The molecule has 0 spiro atoms. The third-order valence-electron chi connectivity index (χ3n) is 3.66. The molecule has 5 nitrogen and oxygen atoms in total. The molecule has 2 rings (SSSR count). The number of halogens is 3. The van der Waals surface area contributed by atoms with Crippen LogP contribution in [0.5, 0.6) is 5.75 Å². The van der Waals surface area contributed by atoms with Crippen molar-refractivity contribution in [1.29, 1.82) is 0 Å². The van der Waals surface area contributed by atoms with E-state index in [4.69, 9.17) is 4.74 Å². The number of alkyl halides is 2. The summed E-state index contributed by atoms with van der Waals surface area (Å²) in [5.41, 5.74) is 2.01. The highest BCUT2D eigenvalue weighted by Crippen LogP contribution is 2.16. The fourth-order valence-corrected chi connectivity index (χ4v) is 3.18. The molecule has 2 N–H and O–H groups in total. The van der Waals surface area contributed by atoms with Crippen molar-refractivity contribution in [3.63, 3.8) is 0 Å². The van der Waals surface area contributed by atoms with Gasteiger partial charge in [-0.1, -0.05) is 12.1 Å². The quantitative estimate of drug-likeness (QED) is 0.321. The largest absolute Gasteiger partial charge is 0.488 e. The Hall–Kier alpha value is -1.49. The minimum Gasteiger partial charge on any atom is -0.488 e. The molecule has 0 atom stereocenters. The summed E-state index contributed by atoms with van der Waals surface area (Å²) in [6.45, 7) is 4.73. The van der Waals surface area contributed by atoms with Crippen LogP contribution in [0.2, 0.25) is 0 Å². The van der Waals surface area contributed by atoms with Crippen molar-refractivity contribution in [1.82, 2.24) is 15.6 Å². The van der Waals surface area contributed by atoms with E-state index < -0.39 is 13.0 Å². The van der Waals surface area contributed by atoms with Crippen molar-refractivity contribution in [2.24, 2.45) is 4.99 Å². The predicted octanol–water partition coefficient (Wildman–Crippen LogP) is 3.93. The van der Waals surface area contributed by atoms with E-state index in [1.165, 1.54) is 4.88 Å². The summed E-state index contributed by atoms with van der Waals surface area (Å²) in [5.74, 6) is 1.11. The molecule has 0 radical (unpaired) electrons.